The number of nitrogens with zero attached hydrogens (tertiary/aromatic N) is 2. The maximum atomic E-state index is 12.8. The molecule has 0 unspecified atom stereocenters. The van der Waals surface area contributed by atoms with Crippen LogP contribution in [0.4, 0.5) is 4.39 Å². The van der Waals surface area contributed by atoms with Crippen molar-refractivity contribution >= 4 is 5.91 Å². The molecule has 0 saturated carbocycles. The molecule has 1 aromatic heterocycles. The summed E-state index contributed by atoms with van der Waals surface area (Å²) in [5, 5.41) is 2.73. The monoisotopic (exact) mass is 253 g/mol. The topological polar surface area (TPSA) is 45.2 Å². The van der Waals surface area contributed by atoms with Crippen LogP contribution in [-0.2, 0) is 0 Å². The van der Waals surface area contributed by atoms with Gasteiger partial charge in [-0.25, -0.2) is 4.98 Å². The van der Waals surface area contributed by atoms with E-state index in [1.807, 2.05) is 7.05 Å². The number of hydrogen-bond acceptors (Lipinski definition) is 3. The van der Waals surface area contributed by atoms with Crippen LogP contribution in [0, 0.1) is 5.95 Å². The molecule has 0 aliphatic carbocycles. The van der Waals surface area contributed by atoms with Crippen LogP contribution in [0.2, 0.25) is 0 Å². The van der Waals surface area contributed by atoms with Crippen molar-refractivity contribution < 1.29 is 9.18 Å². The number of nitrogens with one attached hydrogen (secondary N) is 1. The number of carbonyl (C=O) groups is 1. The Morgan fingerprint density at radius 1 is 1.50 bits per heavy atom. The summed E-state index contributed by atoms with van der Waals surface area (Å²) >= 11 is 0. The maximum Gasteiger partial charge on any atom is 0.269 e. The van der Waals surface area contributed by atoms with Gasteiger partial charge in [-0.2, -0.15) is 4.39 Å². The number of rotatable bonds is 6. The average molecular weight is 253 g/mol. The highest BCUT2D eigenvalue weighted by Crippen LogP contribution is 1.98. The highest BCUT2D eigenvalue weighted by molar-refractivity contribution is 5.92. The van der Waals surface area contributed by atoms with E-state index in [1.54, 1.807) is 0 Å². The summed E-state index contributed by atoms with van der Waals surface area (Å²) in [5.74, 6) is -0.969. The van der Waals surface area contributed by atoms with E-state index in [9.17, 15) is 9.18 Å². The molecule has 0 aliphatic rings. The lowest BCUT2D eigenvalue weighted by Gasteiger charge is -2.20. The molecular weight excluding hydrogens is 233 g/mol. The Morgan fingerprint density at radius 3 is 2.83 bits per heavy atom. The Kier molecular flexibility index (Phi) is 5.71. The Balaban J connectivity index is 2.30. The minimum absolute atomic E-state index is 0.118. The van der Waals surface area contributed by atoms with Gasteiger partial charge >= 0.3 is 0 Å². The Bertz CT molecular complexity index is 396. The van der Waals surface area contributed by atoms with Gasteiger partial charge in [-0.3, -0.25) is 4.79 Å². The first-order valence-electron chi connectivity index (χ1n) is 6.11. The predicted octanol–water partition coefficient (Wildman–Crippen LogP) is 1.68. The largest absolute Gasteiger partial charge is 0.351 e. The molecule has 0 aromatic carbocycles. The molecule has 1 N–H and O–H groups in total. The SMILES string of the molecule is CC(C)N(C)CCCNC(=O)c1cccc(F)n1. The van der Waals surface area contributed by atoms with Gasteiger partial charge in [0.15, 0.2) is 0 Å². The van der Waals surface area contributed by atoms with Gasteiger partial charge in [-0.15, -0.1) is 0 Å². The quantitative estimate of drug-likeness (QED) is 0.619. The molecule has 4 nitrogen and oxygen atoms in total. The zero-order chi connectivity index (χ0) is 13.5. The van der Waals surface area contributed by atoms with Gasteiger partial charge < -0.3 is 10.2 Å². The molecular formula is C13H20FN3O. The first-order chi connectivity index (χ1) is 8.50. The maximum absolute atomic E-state index is 12.8. The molecule has 0 aliphatic heterocycles. The summed E-state index contributed by atoms with van der Waals surface area (Å²) in [6.45, 7) is 5.72. The predicted molar refractivity (Wildman–Crippen MR) is 68.9 cm³/mol. The highest BCUT2D eigenvalue weighted by Gasteiger charge is 2.07. The molecule has 0 radical (unpaired) electrons. The van der Waals surface area contributed by atoms with Crippen LogP contribution in [0.1, 0.15) is 30.8 Å². The van der Waals surface area contributed by atoms with Gasteiger partial charge in [-0.1, -0.05) is 6.07 Å². The molecule has 1 amide bonds. The van der Waals surface area contributed by atoms with E-state index in [-0.39, 0.29) is 11.6 Å². The summed E-state index contributed by atoms with van der Waals surface area (Å²) in [5.41, 5.74) is 0.118. The number of amides is 1. The fraction of sp³-hybridized carbons (Fsp3) is 0.538. The molecule has 0 saturated heterocycles. The van der Waals surface area contributed by atoms with Crippen LogP contribution in [0.5, 0.6) is 0 Å². The zero-order valence-corrected chi connectivity index (χ0v) is 11.1. The van der Waals surface area contributed by atoms with Crippen LogP contribution < -0.4 is 5.32 Å². The number of carbonyl (C=O) groups excluding carboxylic acids is 1. The summed E-state index contributed by atoms with van der Waals surface area (Å²) < 4.78 is 12.8. The molecule has 0 bridgehead atoms. The molecule has 1 rings (SSSR count). The molecule has 0 fully saturated rings. The molecule has 1 aromatic rings. The van der Waals surface area contributed by atoms with E-state index in [4.69, 9.17) is 0 Å². The van der Waals surface area contributed by atoms with Crippen molar-refractivity contribution in [2.75, 3.05) is 20.1 Å². The van der Waals surface area contributed by atoms with Crippen molar-refractivity contribution in [1.29, 1.82) is 0 Å². The number of aromatic nitrogens is 1. The van der Waals surface area contributed by atoms with Crippen molar-refractivity contribution in [2.24, 2.45) is 0 Å². The first-order valence-corrected chi connectivity index (χ1v) is 6.11. The second-order valence-electron chi connectivity index (χ2n) is 4.53. The molecule has 1 heterocycles. The number of pyridine rings is 1. The van der Waals surface area contributed by atoms with E-state index in [2.05, 4.69) is 29.0 Å². The number of hydrogen-bond donors (Lipinski definition) is 1. The summed E-state index contributed by atoms with van der Waals surface area (Å²) in [4.78, 5) is 17.3. The summed E-state index contributed by atoms with van der Waals surface area (Å²) in [7, 11) is 2.04. The summed E-state index contributed by atoms with van der Waals surface area (Å²) in [6, 6.07) is 4.68. The van der Waals surface area contributed by atoms with Crippen molar-refractivity contribution in [3.8, 4) is 0 Å². The fourth-order valence-electron chi connectivity index (χ4n) is 1.41. The Hall–Kier alpha value is -1.49. The molecule has 5 heteroatoms. The van der Waals surface area contributed by atoms with E-state index in [1.165, 1.54) is 18.2 Å². The molecule has 100 valence electrons. The fourth-order valence-corrected chi connectivity index (χ4v) is 1.41. The molecule has 0 atom stereocenters. The summed E-state index contributed by atoms with van der Waals surface area (Å²) in [6.07, 6.45) is 0.857. The van der Waals surface area contributed by atoms with Gasteiger partial charge in [0.05, 0.1) is 0 Å². The van der Waals surface area contributed by atoms with Gasteiger partial charge in [-0.05, 0) is 46.0 Å². The molecule has 0 spiro atoms. The normalized spacial score (nSPS) is 11.0. The second-order valence-corrected chi connectivity index (χ2v) is 4.53. The Labute approximate surface area is 107 Å². The zero-order valence-electron chi connectivity index (χ0n) is 11.1. The highest BCUT2D eigenvalue weighted by atomic mass is 19.1. The minimum atomic E-state index is -0.637. The lowest BCUT2D eigenvalue weighted by molar-refractivity contribution is 0.0945. The van der Waals surface area contributed by atoms with E-state index in [0.29, 0.717) is 12.6 Å². The van der Waals surface area contributed by atoms with E-state index in [0.717, 1.165) is 13.0 Å². The lowest BCUT2D eigenvalue weighted by atomic mass is 10.3. The third-order valence-electron chi connectivity index (χ3n) is 2.80. The minimum Gasteiger partial charge on any atom is -0.351 e. The number of halogens is 1. The Morgan fingerprint density at radius 2 is 2.22 bits per heavy atom. The van der Waals surface area contributed by atoms with Crippen LogP contribution >= 0.6 is 0 Å². The van der Waals surface area contributed by atoms with Gasteiger partial charge in [0, 0.05) is 12.6 Å². The third-order valence-corrected chi connectivity index (χ3v) is 2.80. The first kappa shape index (κ1) is 14.6. The van der Waals surface area contributed by atoms with Crippen LogP contribution in [0.3, 0.4) is 0 Å². The second kappa shape index (κ2) is 7.06. The third kappa shape index (κ3) is 4.79. The van der Waals surface area contributed by atoms with E-state index >= 15 is 0 Å². The van der Waals surface area contributed by atoms with Crippen LogP contribution in [0.15, 0.2) is 18.2 Å². The smallest absolute Gasteiger partial charge is 0.269 e. The van der Waals surface area contributed by atoms with Crippen molar-refractivity contribution in [3.05, 3.63) is 29.8 Å². The van der Waals surface area contributed by atoms with Crippen molar-refractivity contribution in [2.45, 2.75) is 26.3 Å². The standard InChI is InChI=1S/C13H20FN3O/c1-10(2)17(3)9-5-8-15-13(18)11-6-4-7-12(14)16-11/h4,6-7,10H,5,8-9H2,1-3H3,(H,15,18). The van der Waals surface area contributed by atoms with Gasteiger partial charge in [0.2, 0.25) is 5.95 Å². The van der Waals surface area contributed by atoms with Crippen LogP contribution in [0.25, 0.3) is 0 Å². The van der Waals surface area contributed by atoms with Crippen molar-refractivity contribution in [3.63, 3.8) is 0 Å². The van der Waals surface area contributed by atoms with E-state index < -0.39 is 5.95 Å². The lowest BCUT2D eigenvalue weighted by Crippen LogP contribution is -2.31. The van der Waals surface area contributed by atoms with Crippen molar-refractivity contribution in [1.82, 2.24) is 15.2 Å². The van der Waals surface area contributed by atoms with Gasteiger partial charge in [0.1, 0.15) is 5.69 Å². The van der Waals surface area contributed by atoms with Gasteiger partial charge in [0.25, 0.3) is 5.91 Å². The molecule has 18 heavy (non-hydrogen) atoms. The average Bonchev–Trinajstić information content (AvgIpc) is 2.33. The van der Waals surface area contributed by atoms with Crippen LogP contribution in [-0.4, -0.2) is 42.0 Å².